The van der Waals surface area contributed by atoms with Gasteiger partial charge in [-0.2, -0.15) is 0 Å². The lowest BCUT2D eigenvalue weighted by Gasteiger charge is -2.21. The average Bonchev–Trinajstić information content (AvgIpc) is 2.78. The Balaban J connectivity index is 1.54. The summed E-state index contributed by atoms with van der Waals surface area (Å²) in [6.07, 6.45) is 5.03. The Morgan fingerprint density at radius 1 is 0.793 bits per heavy atom. The zero-order chi connectivity index (χ0) is 20.5. The van der Waals surface area contributed by atoms with Crippen molar-refractivity contribution < 1.29 is 14.4 Å². The Labute approximate surface area is 171 Å². The number of rotatable bonds is 6. The molecular formula is C23H27N3O3. The summed E-state index contributed by atoms with van der Waals surface area (Å²) in [6.45, 7) is -0.156. The minimum atomic E-state index is -0.547. The van der Waals surface area contributed by atoms with Crippen LogP contribution in [0.25, 0.3) is 0 Å². The van der Waals surface area contributed by atoms with Crippen LogP contribution in [0.5, 0.6) is 0 Å². The van der Waals surface area contributed by atoms with Crippen molar-refractivity contribution in [3.63, 3.8) is 0 Å². The predicted octanol–water partition coefficient (Wildman–Crippen LogP) is 2.66. The molecule has 0 spiro atoms. The maximum atomic E-state index is 12.8. The number of hydrogen-bond donors (Lipinski definition) is 3. The third-order valence-electron chi connectivity index (χ3n) is 5.25. The molecule has 3 rings (SSSR count). The predicted molar refractivity (Wildman–Crippen MR) is 111 cm³/mol. The highest BCUT2D eigenvalue weighted by Crippen LogP contribution is 2.25. The maximum Gasteiger partial charge on any atom is 0.257 e. The summed E-state index contributed by atoms with van der Waals surface area (Å²) in [4.78, 5) is 37.1. The molecule has 29 heavy (non-hydrogen) atoms. The van der Waals surface area contributed by atoms with Gasteiger partial charge in [-0.1, -0.05) is 79.9 Å². The fraction of sp³-hybridized carbons (Fsp3) is 0.348. The van der Waals surface area contributed by atoms with E-state index in [4.69, 9.17) is 0 Å². The van der Waals surface area contributed by atoms with Crippen molar-refractivity contribution in [2.24, 2.45) is 5.92 Å². The van der Waals surface area contributed by atoms with Crippen LogP contribution in [0.3, 0.4) is 0 Å². The van der Waals surface area contributed by atoms with Crippen LogP contribution in [0.15, 0.2) is 60.7 Å². The Bertz CT molecular complexity index is 778. The molecule has 1 aliphatic rings. The number of carbonyl (C=O) groups is 3. The van der Waals surface area contributed by atoms with Gasteiger partial charge in [-0.25, -0.2) is 0 Å². The van der Waals surface area contributed by atoms with Gasteiger partial charge >= 0.3 is 0 Å². The SMILES string of the molecule is O=C(CNC(=O)C1CCCCC1)NNC(=O)C(c1ccccc1)c1ccccc1. The molecule has 3 amide bonds. The zero-order valence-electron chi connectivity index (χ0n) is 16.4. The highest BCUT2D eigenvalue weighted by atomic mass is 16.2. The monoisotopic (exact) mass is 393 g/mol. The Kier molecular flexibility index (Phi) is 7.39. The van der Waals surface area contributed by atoms with E-state index in [-0.39, 0.29) is 24.3 Å². The van der Waals surface area contributed by atoms with Crippen molar-refractivity contribution in [1.29, 1.82) is 0 Å². The van der Waals surface area contributed by atoms with Gasteiger partial charge in [0.1, 0.15) is 0 Å². The highest BCUT2D eigenvalue weighted by Gasteiger charge is 2.24. The third-order valence-corrected chi connectivity index (χ3v) is 5.25. The molecular weight excluding hydrogens is 366 g/mol. The van der Waals surface area contributed by atoms with Gasteiger partial charge in [-0.3, -0.25) is 25.2 Å². The highest BCUT2D eigenvalue weighted by molar-refractivity contribution is 5.90. The quantitative estimate of drug-likeness (QED) is 0.660. The van der Waals surface area contributed by atoms with Crippen LogP contribution < -0.4 is 16.2 Å². The summed E-state index contributed by atoms with van der Waals surface area (Å²) < 4.78 is 0. The fourth-order valence-corrected chi connectivity index (χ4v) is 3.71. The van der Waals surface area contributed by atoms with E-state index in [0.717, 1.165) is 36.8 Å². The van der Waals surface area contributed by atoms with Crippen molar-refractivity contribution in [3.05, 3.63) is 71.8 Å². The zero-order valence-corrected chi connectivity index (χ0v) is 16.4. The van der Waals surface area contributed by atoms with Crippen molar-refractivity contribution in [3.8, 4) is 0 Å². The lowest BCUT2D eigenvalue weighted by Crippen LogP contribution is -2.48. The Morgan fingerprint density at radius 3 is 1.90 bits per heavy atom. The van der Waals surface area contributed by atoms with Crippen LogP contribution in [0.4, 0.5) is 0 Å². The molecule has 0 aromatic heterocycles. The number of hydrazine groups is 1. The molecule has 0 unspecified atom stereocenters. The first-order valence-electron chi connectivity index (χ1n) is 10.1. The molecule has 0 heterocycles. The molecule has 1 aliphatic carbocycles. The normalized spacial score (nSPS) is 14.2. The van der Waals surface area contributed by atoms with Gasteiger partial charge in [0.25, 0.3) is 5.91 Å². The van der Waals surface area contributed by atoms with Crippen LogP contribution in [-0.4, -0.2) is 24.3 Å². The van der Waals surface area contributed by atoms with Crippen LogP contribution in [0, 0.1) is 5.92 Å². The Hall–Kier alpha value is -3.15. The van der Waals surface area contributed by atoms with Gasteiger partial charge in [0.15, 0.2) is 0 Å². The van der Waals surface area contributed by atoms with Crippen molar-refractivity contribution >= 4 is 17.7 Å². The fourth-order valence-electron chi connectivity index (χ4n) is 3.71. The first-order chi connectivity index (χ1) is 14.1. The molecule has 0 aliphatic heterocycles. The summed E-state index contributed by atoms with van der Waals surface area (Å²) in [5, 5.41) is 2.67. The standard InChI is InChI=1S/C23H27N3O3/c27-20(16-24-22(28)19-14-8-3-9-15-19)25-26-23(29)21(17-10-4-1-5-11-17)18-12-6-2-7-13-18/h1-2,4-7,10-13,19,21H,3,8-9,14-16H2,(H,24,28)(H,25,27)(H,26,29). The molecule has 2 aromatic carbocycles. The van der Waals surface area contributed by atoms with Crippen LogP contribution >= 0.6 is 0 Å². The van der Waals surface area contributed by atoms with Gasteiger partial charge in [0.05, 0.1) is 12.5 Å². The largest absolute Gasteiger partial charge is 0.347 e. The van der Waals surface area contributed by atoms with E-state index in [1.54, 1.807) is 0 Å². The summed E-state index contributed by atoms with van der Waals surface area (Å²) >= 11 is 0. The molecule has 0 saturated heterocycles. The second-order valence-corrected chi connectivity index (χ2v) is 7.34. The topological polar surface area (TPSA) is 87.3 Å². The van der Waals surface area contributed by atoms with E-state index >= 15 is 0 Å². The van der Waals surface area contributed by atoms with E-state index < -0.39 is 11.8 Å². The molecule has 0 radical (unpaired) electrons. The summed E-state index contributed by atoms with van der Waals surface area (Å²) in [5.41, 5.74) is 6.56. The number of amides is 3. The summed E-state index contributed by atoms with van der Waals surface area (Å²) in [7, 11) is 0. The first-order valence-corrected chi connectivity index (χ1v) is 10.1. The Morgan fingerprint density at radius 2 is 1.34 bits per heavy atom. The summed E-state index contributed by atoms with van der Waals surface area (Å²) in [5.74, 6) is -1.43. The lowest BCUT2D eigenvalue weighted by molar-refractivity contribution is -0.131. The first kappa shape index (κ1) is 20.6. The number of carbonyl (C=O) groups excluding carboxylic acids is 3. The molecule has 152 valence electrons. The van der Waals surface area contributed by atoms with Crippen molar-refractivity contribution in [2.75, 3.05) is 6.54 Å². The van der Waals surface area contributed by atoms with Crippen LogP contribution in [0.1, 0.15) is 49.1 Å². The minimum Gasteiger partial charge on any atom is -0.347 e. The average molecular weight is 393 g/mol. The van der Waals surface area contributed by atoms with E-state index in [2.05, 4.69) is 16.2 Å². The van der Waals surface area contributed by atoms with Gasteiger partial charge in [-0.15, -0.1) is 0 Å². The lowest BCUT2D eigenvalue weighted by atomic mass is 9.89. The molecule has 6 nitrogen and oxygen atoms in total. The molecule has 1 fully saturated rings. The molecule has 0 atom stereocenters. The van der Waals surface area contributed by atoms with E-state index in [0.29, 0.717) is 0 Å². The molecule has 1 saturated carbocycles. The smallest absolute Gasteiger partial charge is 0.257 e. The number of benzene rings is 2. The third kappa shape index (κ3) is 5.91. The molecule has 6 heteroatoms. The number of hydrogen-bond acceptors (Lipinski definition) is 3. The van der Waals surface area contributed by atoms with Gasteiger partial charge in [0, 0.05) is 5.92 Å². The second kappa shape index (κ2) is 10.4. The summed E-state index contributed by atoms with van der Waals surface area (Å²) in [6, 6.07) is 18.8. The van der Waals surface area contributed by atoms with E-state index in [1.807, 2.05) is 60.7 Å². The van der Waals surface area contributed by atoms with Crippen LogP contribution in [-0.2, 0) is 14.4 Å². The van der Waals surface area contributed by atoms with Crippen molar-refractivity contribution in [2.45, 2.75) is 38.0 Å². The van der Waals surface area contributed by atoms with Crippen LogP contribution in [0.2, 0.25) is 0 Å². The molecule has 2 aromatic rings. The van der Waals surface area contributed by atoms with Gasteiger partial charge in [-0.05, 0) is 24.0 Å². The minimum absolute atomic E-state index is 0.00770. The van der Waals surface area contributed by atoms with Gasteiger partial charge in [0.2, 0.25) is 11.8 Å². The maximum absolute atomic E-state index is 12.8. The van der Waals surface area contributed by atoms with E-state index in [1.165, 1.54) is 6.42 Å². The molecule has 0 bridgehead atoms. The van der Waals surface area contributed by atoms with E-state index in [9.17, 15) is 14.4 Å². The second-order valence-electron chi connectivity index (χ2n) is 7.34. The van der Waals surface area contributed by atoms with Crippen molar-refractivity contribution in [1.82, 2.24) is 16.2 Å². The number of nitrogens with one attached hydrogen (secondary N) is 3. The van der Waals surface area contributed by atoms with Gasteiger partial charge < -0.3 is 5.32 Å². The molecule has 3 N–H and O–H groups in total.